The second kappa shape index (κ2) is 6.51. The Kier molecular flexibility index (Phi) is 4.89. The first-order chi connectivity index (χ1) is 10.2. The van der Waals surface area contributed by atoms with E-state index in [9.17, 15) is 18.0 Å². The van der Waals surface area contributed by atoms with Crippen molar-refractivity contribution in [2.45, 2.75) is 31.4 Å². The first-order valence-corrected chi connectivity index (χ1v) is 7.44. The van der Waals surface area contributed by atoms with Crippen LogP contribution in [0.3, 0.4) is 0 Å². The smallest absolute Gasteiger partial charge is 0.408 e. The lowest BCUT2D eigenvalue weighted by molar-refractivity contribution is -0.141. The number of nitrogens with zero attached hydrogens (tertiary/aromatic N) is 2. The Bertz CT molecular complexity index is 573. The lowest BCUT2D eigenvalue weighted by Gasteiger charge is -2.06. The number of hydrogen-bond donors (Lipinski definition) is 3. The molecule has 1 saturated carbocycles. The Balaban J connectivity index is 1.93. The number of guanidine groups is 1. The molecule has 2 rings (SSSR count). The van der Waals surface area contributed by atoms with Gasteiger partial charge in [0.15, 0.2) is 11.1 Å². The number of rotatable bonds is 4. The van der Waals surface area contributed by atoms with Gasteiger partial charge in [0.25, 0.3) is 0 Å². The summed E-state index contributed by atoms with van der Waals surface area (Å²) in [5.74, 6) is -1.46. The minimum Gasteiger partial charge on any atom is -0.481 e. The van der Waals surface area contributed by atoms with Gasteiger partial charge in [0.05, 0.1) is 11.6 Å². The molecule has 0 bridgehead atoms. The molecule has 1 aliphatic rings. The van der Waals surface area contributed by atoms with Crippen molar-refractivity contribution in [2.24, 2.45) is 16.6 Å². The molecule has 0 aliphatic heterocycles. The van der Waals surface area contributed by atoms with Crippen LogP contribution < -0.4 is 11.1 Å². The molecule has 0 spiro atoms. The maximum atomic E-state index is 12.0. The van der Waals surface area contributed by atoms with Gasteiger partial charge in [-0.3, -0.25) is 4.79 Å². The number of hydrogen-bond acceptors (Lipinski definition) is 4. The largest absolute Gasteiger partial charge is 0.481 e. The molecule has 4 N–H and O–H groups in total. The van der Waals surface area contributed by atoms with Gasteiger partial charge in [0, 0.05) is 11.3 Å². The number of alkyl halides is 3. The van der Waals surface area contributed by atoms with Crippen LogP contribution in [0.2, 0.25) is 0 Å². The quantitative estimate of drug-likeness (QED) is 0.579. The van der Waals surface area contributed by atoms with Crippen LogP contribution in [0.1, 0.15) is 30.9 Å². The fourth-order valence-electron chi connectivity index (χ4n) is 2.33. The van der Waals surface area contributed by atoms with E-state index in [2.05, 4.69) is 15.3 Å². The second-order valence-electron chi connectivity index (χ2n) is 5.06. The molecule has 1 aliphatic carbocycles. The average Bonchev–Trinajstić information content (AvgIpc) is 3.03. The molecule has 1 aromatic rings. The summed E-state index contributed by atoms with van der Waals surface area (Å²) in [6.07, 6.45) is -2.54. The van der Waals surface area contributed by atoms with Crippen molar-refractivity contribution in [2.75, 3.05) is 11.9 Å². The molecule has 0 amide bonds. The van der Waals surface area contributed by atoms with Crippen LogP contribution >= 0.6 is 11.3 Å². The number of carboxylic acids is 1. The lowest BCUT2D eigenvalue weighted by atomic mass is 10.0. The SMILES string of the molecule is N/C(=N/CC(F)(F)F)Nc1nc(C2CCC(C(=O)O)C2)cs1. The van der Waals surface area contributed by atoms with E-state index in [0.717, 1.165) is 12.1 Å². The van der Waals surface area contributed by atoms with Crippen molar-refractivity contribution >= 4 is 28.4 Å². The molecule has 2 unspecified atom stereocenters. The third-order valence-corrected chi connectivity index (χ3v) is 4.16. The third kappa shape index (κ3) is 4.58. The summed E-state index contributed by atoms with van der Waals surface area (Å²) in [7, 11) is 0. The molecule has 1 heterocycles. The van der Waals surface area contributed by atoms with Gasteiger partial charge in [-0.1, -0.05) is 0 Å². The van der Waals surface area contributed by atoms with Gasteiger partial charge in [0.1, 0.15) is 6.54 Å². The van der Waals surface area contributed by atoms with Crippen molar-refractivity contribution in [1.82, 2.24) is 4.98 Å². The van der Waals surface area contributed by atoms with E-state index in [4.69, 9.17) is 10.8 Å². The first-order valence-electron chi connectivity index (χ1n) is 6.56. The van der Waals surface area contributed by atoms with Gasteiger partial charge in [-0.05, 0) is 19.3 Å². The van der Waals surface area contributed by atoms with E-state index >= 15 is 0 Å². The highest BCUT2D eigenvalue weighted by Crippen LogP contribution is 2.39. The molecule has 122 valence electrons. The fraction of sp³-hybridized carbons (Fsp3) is 0.583. The van der Waals surface area contributed by atoms with Gasteiger partial charge in [-0.25, -0.2) is 9.98 Å². The Morgan fingerprint density at radius 1 is 1.55 bits per heavy atom. The van der Waals surface area contributed by atoms with Gasteiger partial charge in [0.2, 0.25) is 0 Å². The highest BCUT2D eigenvalue weighted by molar-refractivity contribution is 7.13. The van der Waals surface area contributed by atoms with Crippen LogP contribution in [-0.4, -0.2) is 34.7 Å². The lowest BCUT2D eigenvalue weighted by Crippen LogP contribution is -2.25. The predicted octanol–water partition coefficient (Wildman–Crippen LogP) is 2.40. The van der Waals surface area contributed by atoms with Crippen LogP contribution in [0.4, 0.5) is 18.3 Å². The van der Waals surface area contributed by atoms with Crippen molar-refractivity contribution in [1.29, 1.82) is 0 Å². The molecule has 1 fully saturated rings. The number of aliphatic imine (C=N–C) groups is 1. The zero-order valence-corrected chi connectivity index (χ0v) is 12.2. The number of aliphatic carboxylic acids is 1. The number of halogens is 3. The molecule has 0 aromatic carbocycles. The minimum atomic E-state index is -4.41. The number of aromatic nitrogens is 1. The Morgan fingerprint density at radius 3 is 2.86 bits per heavy atom. The van der Waals surface area contributed by atoms with E-state index in [-0.39, 0.29) is 17.8 Å². The molecule has 0 radical (unpaired) electrons. The Hall–Kier alpha value is -1.84. The number of nitrogens with two attached hydrogens (primary N) is 1. The topological polar surface area (TPSA) is 101 Å². The average molecular weight is 336 g/mol. The minimum absolute atomic E-state index is 0.0567. The van der Waals surface area contributed by atoms with Gasteiger partial charge < -0.3 is 16.2 Å². The van der Waals surface area contributed by atoms with Crippen molar-refractivity contribution in [3.8, 4) is 0 Å². The molecular weight excluding hydrogens is 321 g/mol. The molecule has 6 nitrogen and oxygen atoms in total. The fourth-order valence-corrected chi connectivity index (χ4v) is 3.13. The first kappa shape index (κ1) is 16.5. The van der Waals surface area contributed by atoms with Crippen molar-refractivity contribution < 1.29 is 23.1 Å². The number of anilines is 1. The molecule has 1 aromatic heterocycles. The van der Waals surface area contributed by atoms with Crippen LogP contribution in [0.25, 0.3) is 0 Å². The van der Waals surface area contributed by atoms with Crippen molar-refractivity contribution in [3.05, 3.63) is 11.1 Å². The zero-order valence-electron chi connectivity index (χ0n) is 11.4. The summed E-state index contributed by atoms with van der Waals surface area (Å²) in [5, 5.41) is 13.6. The third-order valence-electron chi connectivity index (χ3n) is 3.39. The number of carboxylic acid groups (broad SMARTS) is 1. The second-order valence-corrected chi connectivity index (χ2v) is 5.92. The summed E-state index contributed by atoms with van der Waals surface area (Å²) in [4.78, 5) is 18.4. The molecule has 0 saturated heterocycles. The van der Waals surface area contributed by atoms with Gasteiger partial charge >= 0.3 is 12.1 Å². The standard InChI is InChI=1S/C12H15F3N4O2S/c13-12(14,15)5-17-10(16)19-11-18-8(4-22-11)6-1-2-7(3-6)9(20)21/h4,6-7H,1-3,5H2,(H,20,21)(H3,16,17,18,19). The van der Waals surface area contributed by atoms with Crippen LogP contribution in [-0.2, 0) is 4.79 Å². The maximum absolute atomic E-state index is 12.0. The summed E-state index contributed by atoms with van der Waals surface area (Å²) in [6.45, 7) is -1.35. The van der Waals surface area contributed by atoms with E-state index in [1.54, 1.807) is 5.38 Å². The molecule has 2 atom stereocenters. The summed E-state index contributed by atoms with van der Waals surface area (Å²) < 4.78 is 36.0. The highest BCUT2D eigenvalue weighted by atomic mass is 32.1. The Morgan fingerprint density at radius 2 is 2.27 bits per heavy atom. The molecule has 10 heteroatoms. The predicted molar refractivity (Wildman–Crippen MR) is 76.0 cm³/mol. The van der Waals surface area contributed by atoms with Gasteiger partial charge in [-0.15, -0.1) is 11.3 Å². The molecular formula is C12H15F3N4O2S. The highest BCUT2D eigenvalue weighted by Gasteiger charge is 2.32. The van der Waals surface area contributed by atoms with Crippen LogP contribution in [0, 0.1) is 5.92 Å². The maximum Gasteiger partial charge on any atom is 0.408 e. The normalized spacial score (nSPS) is 22.8. The van der Waals surface area contributed by atoms with Crippen LogP contribution in [0.5, 0.6) is 0 Å². The van der Waals surface area contributed by atoms with E-state index in [0.29, 0.717) is 18.0 Å². The summed E-state index contributed by atoms with van der Waals surface area (Å²) >= 11 is 1.20. The number of carbonyl (C=O) groups is 1. The molecule has 22 heavy (non-hydrogen) atoms. The summed E-state index contributed by atoms with van der Waals surface area (Å²) in [5.41, 5.74) is 6.10. The van der Waals surface area contributed by atoms with E-state index in [1.807, 2.05) is 0 Å². The van der Waals surface area contributed by atoms with E-state index < -0.39 is 18.7 Å². The number of nitrogens with one attached hydrogen (secondary N) is 1. The summed E-state index contributed by atoms with van der Waals surface area (Å²) in [6, 6.07) is 0. The van der Waals surface area contributed by atoms with Crippen molar-refractivity contribution in [3.63, 3.8) is 0 Å². The van der Waals surface area contributed by atoms with E-state index in [1.165, 1.54) is 11.3 Å². The zero-order chi connectivity index (χ0) is 16.3. The monoisotopic (exact) mass is 336 g/mol. The van der Waals surface area contributed by atoms with Gasteiger partial charge in [-0.2, -0.15) is 13.2 Å². The van der Waals surface area contributed by atoms with Crippen LogP contribution in [0.15, 0.2) is 10.4 Å². The Labute approximate surface area is 128 Å². The number of thiazole rings is 1.